The number of hydrogen-bond donors (Lipinski definition) is 0. The molecular weight excluding hydrogens is 1010 g/mol. The van der Waals surface area contributed by atoms with E-state index in [0.29, 0.717) is 0 Å². The van der Waals surface area contributed by atoms with Crippen molar-refractivity contribution in [1.29, 1.82) is 0 Å². The zero-order valence-corrected chi connectivity index (χ0v) is 45.2. The van der Waals surface area contributed by atoms with Gasteiger partial charge >= 0.3 is 0 Å². The van der Waals surface area contributed by atoms with Crippen LogP contribution in [0.15, 0.2) is 318 Å². The first-order valence-electron chi connectivity index (χ1n) is 28.6. The predicted octanol–water partition coefficient (Wildman–Crippen LogP) is 21.0. The number of furan rings is 2. The van der Waals surface area contributed by atoms with E-state index in [1.54, 1.807) is 0 Å². The first kappa shape index (κ1) is 47.1. The highest BCUT2D eigenvalue weighted by Crippen LogP contribution is 2.61. The number of benzene rings is 13. The van der Waals surface area contributed by atoms with Crippen LogP contribution in [-0.2, 0) is 10.8 Å². The molecule has 13 aromatic carbocycles. The Bertz CT molecular complexity index is 4940. The lowest BCUT2D eigenvalue weighted by Crippen LogP contribution is -2.28. The minimum Gasteiger partial charge on any atom is -0.456 e. The Morgan fingerprint density at radius 3 is 1.43 bits per heavy atom. The van der Waals surface area contributed by atoms with E-state index in [9.17, 15) is 0 Å². The van der Waals surface area contributed by atoms with Crippen molar-refractivity contribution >= 4 is 60.9 Å². The lowest BCUT2D eigenvalue weighted by Gasteiger charge is -2.35. The van der Waals surface area contributed by atoms with Gasteiger partial charge in [0, 0.05) is 50.2 Å². The summed E-state index contributed by atoms with van der Waals surface area (Å²) in [5.41, 5.74) is 24.3. The van der Waals surface area contributed by atoms with Crippen LogP contribution in [-0.4, -0.2) is 0 Å². The van der Waals surface area contributed by atoms with Gasteiger partial charge in [0.1, 0.15) is 22.3 Å². The third kappa shape index (κ3) is 6.80. The minimum absolute atomic E-state index is 0.581. The molecule has 0 aliphatic heterocycles. The molecule has 0 saturated carbocycles. The number of hydrogen-bond acceptors (Lipinski definition) is 3. The van der Waals surface area contributed by atoms with E-state index < -0.39 is 10.8 Å². The number of nitrogens with zero attached hydrogens (tertiary/aromatic N) is 1. The molecule has 0 unspecified atom stereocenters. The fraction of sp³-hybridized carbons (Fsp3) is 0.0250. The second-order valence-corrected chi connectivity index (χ2v) is 22.1. The maximum atomic E-state index is 7.59. The Morgan fingerprint density at radius 2 is 0.747 bits per heavy atom. The number of fused-ring (bicyclic) bond motifs is 12. The van der Waals surface area contributed by atoms with Gasteiger partial charge in [-0.1, -0.05) is 255 Å². The summed E-state index contributed by atoms with van der Waals surface area (Å²) in [6.07, 6.45) is 0. The van der Waals surface area contributed by atoms with E-state index in [-0.39, 0.29) is 0 Å². The van der Waals surface area contributed by atoms with Crippen LogP contribution >= 0.6 is 0 Å². The van der Waals surface area contributed by atoms with E-state index >= 15 is 0 Å². The van der Waals surface area contributed by atoms with Gasteiger partial charge in [0.25, 0.3) is 0 Å². The highest BCUT2D eigenvalue weighted by Gasteiger charge is 2.48. The smallest absolute Gasteiger partial charge is 0.144 e. The van der Waals surface area contributed by atoms with Crippen molar-refractivity contribution in [1.82, 2.24) is 0 Å². The maximum Gasteiger partial charge on any atom is 0.144 e. The van der Waals surface area contributed by atoms with Crippen LogP contribution in [0.3, 0.4) is 0 Å². The molecule has 0 radical (unpaired) electrons. The lowest BCUT2D eigenvalue weighted by atomic mass is 9.67. The van der Waals surface area contributed by atoms with Crippen LogP contribution in [0.1, 0.15) is 44.5 Å². The van der Waals surface area contributed by atoms with E-state index in [1.807, 2.05) is 0 Å². The molecule has 0 saturated heterocycles. The second-order valence-electron chi connectivity index (χ2n) is 22.1. The zero-order chi connectivity index (χ0) is 54.6. The summed E-state index contributed by atoms with van der Waals surface area (Å²) in [5.74, 6) is 0. The number of para-hydroxylation sites is 1. The average Bonchev–Trinajstić information content (AvgIpc) is 1.80. The monoisotopic (exact) mass is 1060 g/mol. The van der Waals surface area contributed by atoms with E-state index in [0.717, 1.165) is 83.2 Å². The Kier molecular flexibility index (Phi) is 10.4. The third-order valence-corrected chi connectivity index (χ3v) is 18.0. The molecule has 388 valence electrons. The van der Waals surface area contributed by atoms with E-state index in [2.05, 4.69) is 314 Å². The Labute approximate surface area is 481 Å². The molecule has 83 heavy (non-hydrogen) atoms. The molecule has 2 aromatic heterocycles. The molecule has 0 bridgehead atoms. The zero-order valence-electron chi connectivity index (χ0n) is 45.2. The molecule has 0 amide bonds. The minimum atomic E-state index is -0.581. The highest BCUT2D eigenvalue weighted by atomic mass is 16.3. The molecule has 0 fully saturated rings. The van der Waals surface area contributed by atoms with Crippen molar-refractivity contribution in [3.05, 3.63) is 354 Å². The van der Waals surface area contributed by atoms with Crippen LogP contribution in [0.2, 0.25) is 0 Å². The van der Waals surface area contributed by atoms with Crippen molar-refractivity contribution in [2.45, 2.75) is 10.8 Å². The van der Waals surface area contributed by atoms with E-state index in [4.69, 9.17) is 8.83 Å². The van der Waals surface area contributed by atoms with Crippen LogP contribution in [0.4, 0.5) is 17.1 Å². The highest BCUT2D eigenvalue weighted by molar-refractivity contribution is 6.25. The summed E-state index contributed by atoms with van der Waals surface area (Å²) in [7, 11) is 0. The first-order valence-corrected chi connectivity index (χ1v) is 28.6. The molecule has 3 nitrogen and oxygen atoms in total. The number of anilines is 3. The second kappa shape index (κ2) is 18.4. The van der Waals surface area contributed by atoms with Gasteiger partial charge in [-0.3, -0.25) is 0 Å². The normalized spacial score (nSPS) is 13.5. The van der Waals surface area contributed by atoms with Crippen molar-refractivity contribution < 1.29 is 8.83 Å². The van der Waals surface area contributed by atoms with Crippen molar-refractivity contribution in [3.8, 4) is 44.5 Å². The molecular formula is C80H51NO2. The molecule has 0 atom stereocenters. The van der Waals surface area contributed by atoms with Gasteiger partial charge in [0.2, 0.25) is 0 Å². The fourth-order valence-corrected chi connectivity index (χ4v) is 14.7. The molecule has 15 aromatic rings. The third-order valence-electron chi connectivity index (χ3n) is 18.0. The van der Waals surface area contributed by atoms with Gasteiger partial charge in [0.05, 0.1) is 10.8 Å². The Hall–Kier alpha value is -10.7. The first-order chi connectivity index (χ1) is 41.2. The fourth-order valence-electron chi connectivity index (χ4n) is 14.7. The SMILES string of the molecule is c1ccc(-c2cccc(N(c3ccc4c(c3)C(c3ccccc3)(c3ccccc3)c3ccccc3-4)c3ccc4c(c3)oc3c(-c5cccc6c5-c5ccccc5C6(c5ccccc5)c5ccccc5)c5c(cc34)oc3ccccc35)c2)cc1. The van der Waals surface area contributed by atoms with Crippen molar-refractivity contribution in [2.75, 3.05) is 4.90 Å². The van der Waals surface area contributed by atoms with Crippen LogP contribution in [0, 0.1) is 0 Å². The van der Waals surface area contributed by atoms with E-state index in [1.165, 1.54) is 66.8 Å². The largest absolute Gasteiger partial charge is 0.456 e. The topological polar surface area (TPSA) is 29.5 Å². The summed E-state index contributed by atoms with van der Waals surface area (Å²) in [5, 5.41) is 4.09. The summed E-state index contributed by atoms with van der Waals surface area (Å²) in [4.78, 5) is 2.41. The quantitative estimate of drug-likeness (QED) is 0.144. The summed E-state index contributed by atoms with van der Waals surface area (Å²) in [6.45, 7) is 0. The lowest BCUT2D eigenvalue weighted by molar-refractivity contribution is 0.664. The van der Waals surface area contributed by atoms with Crippen molar-refractivity contribution in [2.24, 2.45) is 0 Å². The van der Waals surface area contributed by atoms with Gasteiger partial charge in [-0.2, -0.15) is 0 Å². The van der Waals surface area contributed by atoms with Gasteiger partial charge < -0.3 is 13.7 Å². The molecule has 17 rings (SSSR count). The predicted molar refractivity (Wildman–Crippen MR) is 341 cm³/mol. The van der Waals surface area contributed by atoms with Crippen molar-refractivity contribution in [3.63, 3.8) is 0 Å². The van der Waals surface area contributed by atoms with Crippen LogP contribution in [0.25, 0.3) is 88.4 Å². The molecule has 2 aliphatic rings. The van der Waals surface area contributed by atoms with Crippen LogP contribution < -0.4 is 4.90 Å². The summed E-state index contributed by atoms with van der Waals surface area (Å²) < 4.78 is 14.5. The molecule has 2 aliphatic carbocycles. The number of rotatable bonds is 9. The molecule has 3 heteroatoms. The van der Waals surface area contributed by atoms with Gasteiger partial charge in [0.15, 0.2) is 0 Å². The Balaban J connectivity index is 0.924. The molecule has 0 N–H and O–H groups in total. The van der Waals surface area contributed by atoms with Gasteiger partial charge in [-0.25, -0.2) is 0 Å². The Morgan fingerprint density at radius 1 is 0.253 bits per heavy atom. The molecule has 2 heterocycles. The maximum absolute atomic E-state index is 7.59. The van der Waals surface area contributed by atoms with Crippen LogP contribution in [0.5, 0.6) is 0 Å². The molecule has 0 spiro atoms. The summed E-state index contributed by atoms with van der Waals surface area (Å²) in [6, 6.07) is 113. The van der Waals surface area contributed by atoms with Gasteiger partial charge in [-0.05, 0) is 132 Å². The van der Waals surface area contributed by atoms with Gasteiger partial charge in [-0.15, -0.1) is 0 Å². The standard InChI is InChI=1S/C80H51NO2/c1-6-24-52(25-7-1)53-26-22-35-58(48-53)81(59-44-46-62-61-36-16-19-40-68(61)80(71(62)49-59,56-31-12-4-13-32-56)57-33-14-5-15-34-57)60-45-47-63-67-51-74-76(65-38-18-21-43-72(65)82-74)77(78(67)83-73(63)50-60)66-39-23-42-70-75(66)64-37-17-20-41-69(64)79(70,54-27-8-2-9-28-54)55-29-10-3-11-30-55/h1-51H. The average molecular weight is 1060 g/mol. The summed E-state index contributed by atoms with van der Waals surface area (Å²) >= 11 is 0.